The summed E-state index contributed by atoms with van der Waals surface area (Å²) < 4.78 is 101. The van der Waals surface area contributed by atoms with Crippen LogP contribution in [0.5, 0.6) is 11.5 Å². The van der Waals surface area contributed by atoms with Crippen LogP contribution in [0.1, 0.15) is 20.8 Å². The molecular weight excluding hydrogens is 779 g/mol. The number of rotatable bonds is 12. The molecule has 304 valence electrons. The number of aryl methyl sites for hydroxylation is 2. The molecule has 4 aromatic carbocycles. The number of likely N-dealkylation sites (N-methyl/N-ethyl adjacent to an activating group) is 2. The van der Waals surface area contributed by atoms with Gasteiger partial charge in [-0.3, -0.25) is 0 Å². The summed E-state index contributed by atoms with van der Waals surface area (Å²) in [5.74, 6) is -0.522. The maximum Gasteiger partial charge on any atom is 0.410 e. The van der Waals surface area contributed by atoms with E-state index in [0.717, 1.165) is 12.1 Å². The lowest BCUT2D eigenvalue weighted by Gasteiger charge is -2.24. The number of halogens is 2. The van der Waals surface area contributed by atoms with Crippen molar-refractivity contribution in [3.8, 4) is 11.5 Å². The first-order valence-electron chi connectivity index (χ1n) is 17.9. The lowest BCUT2D eigenvalue weighted by Crippen LogP contribution is -2.36. The van der Waals surface area contributed by atoms with E-state index in [0.29, 0.717) is 46.5 Å². The normalized spacial score (nSPS) is 11.9. The molecule has 2 aromatic heterocycles. The molecule has 0 saturated carbocycles. The number of carbonyl (C=O) groups excluding carboxylic acids is 1. The van der Waals surface area contributed by atoms with Gasteiger partial charge < -0.3 is 33.6 Å². The first-order valence-corrected chi connectivity index (χ1v) is 20.8. The zero-order chi connectivity index (χ0) is 41.7. The molecule has 0 atom stereocenters. The Bertz CT molecular complexity index is 2620. The average molecular weight is 825 g/mol. The van der Waals surface area contributed by atoms with Crippen LogP contribution in [0.25, 0.3) is 21.8 Å². The second kappa shape index (κ2) is 17.4. The number of nitrogens with zero attached hydrogens (tertiary/aromatic N) is 3. The molecule has 12 nitrogen and oxygen atoms in total. The van der Waals surface area contributed by atoms with Crippen LogP contribution < -0.4 is 14.8 Å². The largest absolute Gasteiger partial charge is 0.490 e. The van der Waals surface area contributed by atoms with E-state index >= 15 is 0 Å². The van der Waals surface area contributed by atoms with E-state index in [-0.39, 0.29) is 32.7 Å². The number of fused-ring (bicyclic) bond motifs is 2. The third kappa shape index (κ3) is 9.41. The summed E-state index contributed by atoms with van der Waals surface area (Å²) in [7, 11) is -1.18. The van der Waals surface area contributed by atoms with E-state index in [1.807, 2.05) is 7.05 Å². The molecule has 0 aliphatic carbocycles. The highest BCUT2D eigenvalue weighted by Crippen LogP contribution is 2.36. The van der Waals surface area contributed by atoms with Crippen LogP contribution in [0, 0.1) is 11.6 Å². The molecule has 6 rings (SSSR count). The van der Waals surface area contributed by atoms with Crippen LogP contribution in [-0.2, 0) is 38.5 Å². The molecule has 57 heavy (non-hydrogen) atoms. The van der Waals surface area contributed by atoms with Gasteiger partial charge in [-0.15, -0.1) is 0 Å². The van der Waals surface area contributed by atoms with Gasteiger partial charge >= 0.3 is 6.09 Å². The standard InChI is InChI=1S/C23H27FN2O5S.C18H19FN2O3S/c1-23(2,3)31-22(27)25(4)13-14-30-18-11-8-9-16-20(15-26(5)21(16)18)32(28,29)19-12-7-6-10-17(19)24;1-20-10-11-24-15-8-5-6-13-17(12-21(2)18(13)15)25(22,23)16-9-4-3-7-14(16)19/h6-12,15H,13-14H2,1-5H3;3-9,12,20H,10-11H2,1-2H3. The third-order valence-electron chi connectivity index (χ3n) is 8.69. The van der Waals surface area contributed by atoms with Crippen LogP contribution in [-0.4, -0.2) is 83.0 Å². The molecule has 0 radical (unpaired) electrons. The van der Waals surface area contributed by atoms with E-state index < -0.39 is 43.0 Å². The highest BCUT2D eigenvalue weighted by molar-refractivity contribution is 7.92. The number of sulfone groups is 2. The van der Waals surface area contributed by atoms with Gasteiger partial charge in [0, 0.05) is 50.9 Å². The summed E-state index contributed by atoms with van der Waals surface area (Å²) in [5.41, 5.74) is 0.622. The van der Waals surface area contributed by atoms with E-state index in [9.17, 15) is 30.4 Å². The van der Waals surface area contributed by atoms with Crippen molar-refractivity contribution in [3.05, 3.63) is 109 Å². The maximum atomic E-state index is 14.2. The summed E-state index contributed by atoms with van der Waals surface area (Å²) in [5, 5.41) is 3.92. The topological polar surface area (TPSA) is 138 Å². The van der Waals surface area contributed by atoms with E-state index in [4.69, 9.17) is 14.2 Å². The minimum atomic E-state index is -4.08. The molecule has 1 amide bonds. The number of para-hydroxylation sites is 2. The Balaban J connectivity index is 0.000000224. The SMILES string of the molecule is CN(CCOc1cccc2c(S(=O)(=O)c3ccccc3F)cn(C)c12)C(=O)OC(C)(C)C.CNCCOc1cccc2c(S(=O)(=O)c3ccccc3F)cn(C)c12. The molecule has 0 spiro atoms. The average Bonchev–Trinajstić information content (AvgIpc) is 3.69. The second-order valence-electron chi connectivity index (χ2n) is 14.1. The molecule has 1 N–H and O–H groups in total. The van der Waals surface area contributed by atoms with Crippen molar-refractivity contribution in [3.63, 3.8) is 0 Å². The van der Waals surface area contributed by atoms with Gasteiger partial charge in [-0.1, -0.05) is 48.5 Å². The van der Waals surface area contributed by atoms with Crippen LogP contribution >= 0.6 is 0 Å². The van der Waals surface area contributed by atoms with Crippen molar-refractivity contribution in [1.82, 2.24) is 19.4 Å². The molecule has 16 heteroatoms. The fraction of sp³-hybridized carbons (Fsp3) is 0.293. The smallest absolute Gasteiger partial charge is 0.410 e. The van der Waals surface area contributed by atoms with Crippen LogP contribution in [0.2, 0.25) is 0 Å². The Kier molecular flexibility index (Phi) is 13.0. The van der Waals surface area contributed by atoms with Crippen molar-refractivity contribution >= 4 is 47.6 Å². The summed E-state index contributed by atoms with van der Waals surface area (Å²) in [6.45, 7) is 6.94. The molecule has 0 saturated heterocycles. The number of ether oxygens (including phenoxy) is 3. The minimum Gasteiger partial charge on any atom is -0.490 e. The van der Waals surface area contributed by atoms with Gasteiger partial charge in [0.1, 0.15) is 51.7 Å². The molecule has 2 heterocycles. The molecule has 6 aromatic rings. The Morgan fingerprint density at radius 2 is 1.12 bits per heavy atom. The minimum absolute atomic E-state index is 0.00331. The lowest BCUT2D eigenvalue weighted by atomic mass is 10.2. The maximum absolute atomic E-state index is 14.2. The third-order valence-corrected chi connectivity index (χ3v) is 12.3. The Labute approximate surface area is 331 Å². The van der Waals surface area contributed by atoms with E-state index in [1.165, 1.54) is 53.7 Å². The number of carbonyl (C=O) groups is 1. The molecule has 0 bridgehead atoms. The zero-order valence-electron chi connectivity index (χ0n) is 32.7. The van der Waals surface area contributed by atoms with Gasteiger partial charge in [0.25, 0.3) is 0 Å². The first-order chi connectivity index (χ1) is 26.9. The number of nitrogens with one attached hydrogen (secondary N) is 1. The fourth-order valence-electron chi connectivity index (χ4n) is 6.00. The predicted octanol–water partition coefficient (Wildman–Crippen LogP) is 7.14. The van der Waals surface area contributed by atoms with Gasteiger partial charge in [-0.05, 0) is 64.2 Å². The summed E-state index contributed by atoms with van der Waals surface area (Å²) >= 11 is 0. The van der Waals surface area contributed by atoms with Crippen molar-refractivity contribution < 1.29 is 44.6 Å². The van der Waals surface area contributed by atoms with Crippen molar-refractivity contribution in [2.45, 2.75) is 46.0 Å². The van der Waals surface area contributed by atoms with Gasteiger partial charge in [-0.2, -0.15) is 0 Å². The van der Waals surface area contributed by atoms with Crippen molar-refractivity contribution in [2.24, 2.45) is 14.1 Å². The fourth-order valence-corrected chi connectivity index (χ4v) is 9.14. The van der Waals surface area contributed by atoms with Crippen molar-refractivity contribution in [2.75, 3.05) is 40.4 Å². The highest BCUT2D eigenvalue weighted by Gasteiger charge is 2.28. The number of benzene rings is 4. The van der Waals surface area contributed by atoms with Crippen molar-refractivity contribution in [1.29, 1.82) is 0 Å². The predicted molar refractivity (Wildman–Crippen MR) is 213 cm³/mol. The lowest BCUT2D eigenvalue weighted by molar-refractivity contribution is 0.0278. The van der Waals surface area contributed by atoms with Gasteiger partial charge in [-0.25, -0.2) is 30.4 Å². The first kappa shape index (κ1) is 42.7. The quantitative estimate of drug-likeness (QED) is 0.128. The van der Waals surface area contributed by atoms with Gasteiger partial charge in [0.05, 0.1) is 27.4 Å². The summed E-state index contributed by atoms with van der Waals surface area (Å²) in [6.07, 6.45) is 2.49. The zero-order valence-corrected chi connectivity index (χ0v) is 34.4. The summed E-state index contributed by atoms with van der Waals surface area (Å²) in [6, 6.07) is 21.0. The second-order valence-corrected chi connectivity index (χ2v) is 17.9. The monoisotopic (exact) mass is 824 g/mol. The van der Waals surface area contributed by atoms with Crippen LogP contribution in [0.3, 0.4) is 0 Å². The Hall–Kier alpha value is -5.45. The molecule has 0 fully saturated rings. The Morgan fingerprint density at radius 3 is 1.54 bits per heavy atom. The molecule has 0 aliphatic heterocycles. The van der Waals surface area contributed by atoms with Crippen LogP contribution in [0.15, 0.2) is 117 Å². The number of aromatic nitrogens is 2. The van der Waals surface area contributed by atoms with Gasteiger partial charge in [0.2, 0.25) is 19.7 Å². The molecule has 0 aliphatic rings. The summed E-state index contributed by atoms with van der Waals surface area (Å²) in [4.78, 5) is 12.9. The number of hydrogen-bond acceptors (Lipinski definition) is 9. The van der Waals surface area contributed by atoms with E-state index in [1.54, 1.807) is 87.4 Å². The van der Waals surface area contributed by atoms with Crippen LogP contribution in [0.4, 0.5) is 13.6 Å². The molecule has 0 unspecified atom stereocenters. The highest BCUT2D eigenvalue weighted by atomic mass is 32.2. The Morgan fingerprint density at radius 1 is 0.684 bits per heavy atom. The van der Waals surface area contributed by atoms with Gasteiger partial charge in [0.15, 0.2) is 0 Å². The number of amides is 1. The molecular formula is C41H46F2N4O8S2. The van der Waals surface area contributed by atoms with E-state index in [2.05, 4.69) is 5.32 Å². The number of hydrogen-bond donors (Lipinski definition) is 1.